The lowest BCUT2D eigenvalue weighted by Crippen LogP contribution is -2.11. The first kappa shape index (κ1) is 16.1. The smallest absolute Gasteiger partial charge is 0.336 e. The molecule has 2 aromatic heterocycles. The van der Waals surface area contributed by atoms with E-state index in [1.165, 1.54) is 17.7 Å². The highest BCUT2D eigenvalue weighted by Crippen LogP contribution is 2.24. The third kappa shape index (κ3) is 3.11. The lowest BCUT2D eigenvalue weighted by atomic mass is 10.1. The zero-order chi connectivity index (χ0) is 18.1. The van der Waals surface area contributed by atoms with Gasteiger partial charge in [-0.05, 0) is 36.2 Å². The number of carbonyl (C=O) groups is 1. The summed E-state index contributed by atoms with van der Waals surface area (Å²) in [6.45, 7) is 2.08. The van der Waals surface area contributed by atoms with Gasteiger partial charge < -0.3 is 13.6 Å². The van der Waals surface area contributed by atoms with Crippen molar-refractivity contribution < 1.29 is 18.4 Å². The van der Waals surface area contributed by atoms with Gasteiger partial charge in [0.15, 0.2) is 0 Å². The van der Waals surface area contributed by atoms with Gasteiger partial charge >= 0.3 is 11.6 Å². The van der Waals surface area contributed by atoms with E-state index in [0.717, 1.165) is 28.3 Å². The molecule has 5 heteroatoms. The van der Waals surface area contributed by atoms with E-state index in [4.69, 9.17) is 13.6 Å². The van der Waals surface area contributed by atoms with Crippen LogP contribution in [-0.2, 0) is 17.6 Å². The van der Waals surface area contributed by atoms with Gasteiger partial charge in [-0.15, -0.1) is 0 Å². The van der Waals surface area contributed by atoms with Crippen LogP contribution in [-0.4, -0.2) is 5.97 Å². The van der Waals surface area contributed by atoms with Crippen LogP contribution in [0, 0.1) is 0 Å². The Bertz CT molecular complexity index is 1170. The van der Waals surface area contributed by atoms with Crippen LogP contribution >= 0.6 is 0 Å². The molecule has 5 nitrogen and oxygen atoms in total. The standard InChI is InChI=1S/C21H16O5/c1-2-13-3-7-17-15(12-24-19(17)9-13)10-21(23)25-16-6-4-14-5-8-20(22)26-18(14)11-16/h3-9,11-12H,2,10H2,1H3. The second-order valence-corrected chi connectivity index (χ2v) is 6.05. The van der Waals surface area contributed by atoms with Crippen LogP contribution in [0.15, 0.2) is 68.4 Å². The number of rotatable bonds is 4. The Hall–Kier alpha value is -3.34. The average molecular weight is 348 g/mol. The fourth-order valence-corrected chi connectivity index (χ4v) is 2.91. The summed E-state index contributed by atoms with van der Waals surface area (Å²) >= 11 is 0. The van der Waals surface area contributed by atoms with Gasteiger partial charge in [0.05, 0.1) is 12.7 Å². The van der Waals surface area contributed by atoms with Crippen molar-refractivity contribution in [3.63, 3.8) is 0 Å². The number of hydrogen-bond donors (Lipinski definition) is 0. The van der Waals surface area contributed by atoms with Crippen molar-refractivity contribution in [1.29, 1.82) is 0 Å². The van der Waals surface area contributed by atoms with Crippen molar-refractivity contribution in [1.82, 2.24) is 0 Å². The molecule has 0 atom stereocenters. The number of carbonyl (C=O) groups excluding carboxylic acids is 1. The van der Waals surface area contributed by atoms with E-state index in [1.807, 2.05) is 18.2 Å². The maximum absolute atomic E-state index is 12.3. The van der Waals surface area contributed by atoms with Crippen molar-refractivity contribution in [2.24, 2.45) is 0 Å². The van der Waals surface area contributed by atoms with E-state index >= 15 is 0 Å². The second-order valence-electron chi connectivity index (χ2n) is 6.05. The summed E-state index contributed by atoms with van der Waals surface area (Å²) in [6, 6.07) is 13.9. The van der Waals surface area contributed by atoms with Gasteiger partial charge in [-0.3, -0.25) is 4.79 Å². The number of ether oxygens (including phenoxy) is 1. The normalized spacial score (nSPS) is 11.1. The molecule has 0 aliphatic rings. The first-order valence-corrected chi connectivity index (χ1v) is 8.36. The lowest BCUT2D eigenvalue weighted by molar-refractivity contribution is -0.133. The molecule has 0 amide bonds. The molecule has 0 fully saturated rings. The Morgan fingerprint density at radius 3 is 2.73 bits per heavy atom. The van der Waals surface area contributed by atoms with Crippen molar-refractivity contribution in [2.45, 2.75) is 19.8 Å². The highest BCUT2D eigenvalue weighted by Gasteiger charge is 2.13. The van der Waals surface area contributed by atoms with Crippen LogP contribution in [0.4, 0.5) is 0 Å². The van der Waals surface area contributed by atoms with Crippen LogP contribution in [0.3, 0.4) is 0 Å². The minimum atomic E-state index is -0.447. The fourth-order valence-electron chi connectivity index (χ4n) is 2.91. The second kappa shape index (κ2) is 6.52. The molecule has 4 aromatic rings. The molecule has 0 N–H and O–H groups in total. The Morgan fingerprint density at radius 2 is 1.88 bits per heavy atom. The summed E-state index contributed by atoms with van der Waals surface area (Å²) in [7, 11) is 0. The predicted octanol–water partition coefficient (Wildman–Crippen LogP) is 4.25. The number of aryl methyl sites for hydroxylation is 1. The van der Waals surface area contributed by atoms with Gasteiger partial charge in [0, 0.05) is 28.5 Å². The quantitative estimate of drug-likeness (QED) is 0.313. The highest BCUT2D eigenvalue weighted by atomic mass is 16.5. The zero-order valence-corrected chi connectivity index (χ0v) is 14.2. The summed E-state index contributed by atoms with van der Waals surface area (Å²) in [5.74, 6) is -0.0807. The largest absolute Gasteiger partial charge is 0.464 e. The van der Waals surface area contributed by atoms with E-state index in [9.17, 15) is 9.59 Å². The molecule has 2 heterocycles. The van der Waals surface area contributed by atoms with Crippen molar-refractivity contribution in [3.8, 4) is 5.75 Å². The predicted molar refractivity (Wildman–Crippen MR) is 97.4 cm³/mol. The van der Waals surface area contributed by atoms with Crippen LogP contribution < -0.4 is 10.4 Å². The number of esters is 1. The molecule has 0 radical (unpaired) electrons. The monoisotopic (exact) mass is 348 g/mol. The molecule has 0 spiro atoms. The SMILES string of the molecule is CCc1ccc2c(CC(=O)Oc3ccc4ccc(=O)oc4c3)coc2c1. The maximum atomic E-state index is 12.3. The molecular weight excluding hydrogens is 332 g/mol. The fraction of sp³-hybridized carbons (Fsp3) is 0.143. The Labute approximate surface area is 148 Å². The van der Waals surface area contributed by atoms with E-state index in [0.29, 0.717) is 11.3 Å². The van der Waals surface area contributed by atoms with Crippen LogP contribution in [0.1, 0.15) is 18.1 Å². The minimum absolute atomic E-state index is 0.0925. The maximum Gasteiger partial charge on any atom is 0.336 e. The molecule has 0 unspecified atom stereocenters. The number of benzene rings is 2. The molecular formula is C21H16O5. The first-order chi connectivity index (χ1) is 12.6. The van der Waals surface area contributed by atoms with Crippen LogP contribution in [0.25, 0.3) is 21.9 Å². The van der Waals surface area contributed by atoms with Gasteiger partial charge in [0.1, 0.15) is 16.9 Å². The Kier molecular flexibility index (Phi) is 4.05. The van der Waals surface area contributed by atoms with Gasteiger partial charge in [-0.2, -0.15) is 0 Å². The first-order valence-electron chi connectivity index (χ1n) is 8.36. The van der Waals surface area contributed by atoms with Gasteiger partial charge in [0.2, 0.25) is 0 Å². The number of fused-ring (bicyclic) bond motifs is 2. The van der Waals surface area contributed by atoms with Crippen LogP contribution in [0.2, 0.25) is 0 Å². The average Bonchev–Trinajstić information content (AvgIpc) is 3.03. The molecule has 26 heavy (non-hydrogen) atoms. The van der Waals surface area contributed by atoms with Crippen molar-refractivity contribution in [3.05, 3.63) is 76.3 Å². The van der Waals surface area contributed by atoms with Crippen molar-refractivity contribution >= 4 is 27.9 Å². The van der Waals surface area contributed by atoms with Gasteiger partial charge in [-0.1, -0.05) is 19.1 Å². The topological polar surface area (TPSA) is 69.7 Å². The molecule has 0 saturated carbocycles. The minimum Gasteiger partial charge on any atom is -0.464 e. The lowest BCUT2D eigenvalue weighted by Gasteiger charge is -2.04. The zero-order valence-electron chi connectivity index (χ0n) is 14.2. The Balaban J connectivity index is 1.54. The van der Waals surface area contributed by atoms with E-state index in [-0.39, 0.29) is 6.42 Å². The molecule has 0 aliphatic heterocycles. The molecule has 130 valence electrons. The third-order valence-electron chi connectivity index (χ3n) is 4.29. The summed E-state index contributed by atoms with van der Waals surface area (Å²) < 4.78 is 16.1. The summed E-state index contributed by atoms with van der Waals surface area (Å²) in [6.07, 6.45) is 2.60. The summed E-state index contributed by atoms with van der Waals surface area (Å²) in [5, 5.41) is 1.67. The number of hydrogen-bond acceptors (Lipinski definition) is 5. The van der Waals surface area contributed by atoms with E-state index in [2.05, 4.69) is 6.92 Å². The molecule has 0 saturated heterocycles. The van der Waals surface area contributed by atoms with E-state index in [1.54, 1.807) is 24.5 Å². The Morgan fingerprint density at radius 1 is 1.04 bits per heavy atom. The third-order valence-corrected chi connectivity index (χ3v) is 4.29. The highest BCUT2D eigenvalue weighted by molar-refractivity contribution is 5.87. The van der Waals surface area contributed by atoms with Gasteiger partial charge in [-0.25, -0.2) is 4.79 Å². The molecule has 0 aliphatic carbocycles. The molecule has 4 rings (SSSR count). The van der Waals surface area contributed by atoms with Gasteiger partial charge in [0.25, 0.3) is 0 Å². The van der Waals surface area contributed by atoms with Crippen molar-refractivity contribution in [2.75, 3.05) is 0 Å². The molecule has 0 bridgehead atoms. The summed E-state index contributed by atoms with van der Waals surface area (Å²) in [4.78, 5) is 23.6. The number of furan rings is 1. The van der Waals surface area contributed by atoms with Crippen LogP contribution in [0.5, 0.6) is 5.75 Å². The summed E-state index contributed by atoms with van der Waals surface area (Å²) in [5.41, 5.74) is 2.65. The molecule has 2 aromatic carbocycles. The van der Waals surface area contributed by atoms with E-state index < -0.39 is 11.6 Å².